The van der Waals surface area contributed by atoms with Gasteiger partial charge in [-0.2, -0.15) is 0 Å². The minimum Gasteiger partial charge on any atom is -0.459 e. The number of aliphatic hydroxyl groups excluding tert-OH is 2. The Morgan fingerprint density at radius 1 is 0.924 bits per heavy atom. The number of carbonyl (C=O) groups is 2. The molecular weight excluding hydrogens is 840 g/mol. The van der Waals surface area contributed by atoms with Crippen molar-refractivity contribution in [2.24, 2.45) is 28.8 Å². The third-order valence-electron chi connectivity index (χ3n) is 14.5. The fourth-order valence-corrected chi connectivity index (χ4v) is 11.3. The van der Waals surface area contributed by atoms with Gasteiger partial charge in [0, 0.05) is 56.1 Å². The topological polar surface area (TPSA) is 136 Å². The fraction of sp³-hybridized carbons (Fsp3) is 0.537. The van der Waals surface area contributed by atoms with Crippen molar-refractivity contribution in [3.8, 4) is 17.2 Å². The van der Waals surface area contributed by atoms with Crippen molar-refractivity contribution in [3.05, 3.63) is 114 Å². The lowest BCUT2D eigenvalue weighted by Crippen LogP contribution is -2.70. The van der Waals surface area contributed by atoms with E-state index in [0.717, 1.165) is 80.8 Å². The molecule has 0 spiro atoms. The van der Waals surface area contributed by atoms with Crippen molar-refractivity contribution >= 4 is 17.9 Å². The lowest BCUT2D eigenvalue weighted by Gasteiger charge is -2.60. The molecule has 2 heterocycles. The minimum absolute atomic E-state index is 0.0122. The summed E-state index contributed by atoms with van der Waals surface area (Å²) in [7, 11) is 0. The van der Waals surface area contributed by atoms with Gasteiger partial charge in [0.15, 0.2) is 0 Å². The third-order valence-corrected chi connectivity index (χ3v) is 14.5. The van der Waals surface area contributed by atoms with Crippen LogP contribution in [0.4, 0.5) is 4.39 Å². The van der Waals surface area contributed by atoms with E-state index in [4.69, 9.17) is 28.9 Å². The van der Waals surface area contributed by atoms with E-state index < -0.39 is 24.0 Å². The van der Waals surface area contributed by atoms with Gasteiger partial charge < -0.3 is 38.9 Å². The van der Waals surface area contributed by atoms with Crippen LogP contribution >= 0.6 is 0 Å². The van der Waals surface area contributed by atoms with Crippen LogP contribution in [-0.2, 0) is 25.7 Å². The Morgan fingerprint density at radius 3 is 2.44 bits per heavy atom. The van der Waals surface area contributed by atoms with Crippen LogP contribution in [0.15, 0.2) is 96.2 Å². The molecule has 354 valence electrons. The van der Waals surface area contributed by atoms with Crippen molar-refractivity contribution < 1.29 is 48.0 Å². The highest BCUT2D eigenvalue weighted by atomic mass is 19.1. The second kappa shape index (κ2) is 22.7. The van der Waals surface area contributed by atoms with Crippen LogP contribution in [0.5, 0.6) is 17.2 Å². The zero-order valence-corrected chi connectivity index (χ0v) is 38.2. The van der Waals surface area contributed by atoms with E-state index >= 15 is 4.79 Å². The van der Waals surface area contributed by atoms with Crippen LogP contribution in [0.3, 0.4) is 0 Å². The molecule has 7 atom stereocenters. The zero-order chi connectivity index (χ0) is 45.9. The largest absolute Gasteiger partial charge is 0.459 e. The minimum atomic E-state index is -1.45. The Balaban J connectivity index is 1.32. The van der Waals surface area contributed by atoms with Crippen molar-refractivity contribution in [3.63, 3.8) is 0 Å². The smallest absolute Gasteiger partial charge is 0.239 e. The number of nitrogens with zero attached hydrogens (tertiary/aromatic N) is 2. The summed E-state index contributed by atoms with van der Waals surface area (Å²) in [6, 6.07) is 18.5. The highest BCUT2D eigenvalue weighted by Gasteiger charge is 2.65. The maximum atomic E-state index is 15.2. The van der Waals surface area contributed by atoms with Crippen LogP contribution < -0.4 is 9.47 Å². The van der Waals surface area contributed by atoms with Gasteiger partial charge in [0.1, 0.15) is 35.4 Å². The Bertz CT molecular complexity index is 2170. The number of hydrogen-bond donors (Lipinski definition) is 2. The predicted molar refractivity (Wildman–Crippen MR) is 250 cm³/mol. The third kappa shape index (κ3) is 10.9. The molecule has 0 radical (unpaired) electrons. The summed E-state index contributed by atoms with van der Waals surface area (Å²) >= 11 is 0. The van der Waals surface area contributed by atoms with Gasteiger partial charge in [-0.15, -0.1) is 6.58 Å². The summed E-state index contributed by atoms with van der Waals surface area (Å²) in [4.78, 5) is 35.2. The number of unbranched alkanes of at least 4 members (excludes halogenated alkanes) is 2. The standard InChI is InChI=1S/C54H67FN2O9/c1-2-29-63-54-49(57(35-38-19-22-41(55)23-20-38)50(61)26-21-37-12-3-4-13-37)34-47(56-66-51-18-7-10-30-62-51)45-32-40(15-5-8-27-58)44(17-6-9-28-59)52(53(45)54)46-33-43(24-25-48(46)65-54)64-42-16-11-14-39(31-42)36-60/h2,11,14,16,19-20,22-25,31-33,36-37,40,44,49,51-53,58-59H,1,3-10,12-13,15,17-18,21,26-30,34-35H2. The lowest BCUT2D eigenvalue weighted by atomic mass is 9.55. The maximum Gasteiger partial charge on any atom is 0.239 e. The van der Waals surface area contributed by atoms with Crippen LogP contribution in [0.2, 0.25) is 0 Å². The molecule has 2 aliphatic heterocycles. The van der Waals surface area contributed by atoms with Crippen LogP contribution in [0.25, 0.3) is 0 Å². The van der Waals surface area contributed by atoms with E-state index in [1.165, 1.54) is 25.0 Å². The van der Waals surface area contributed by atoms with E-state index in [0.29, 0.717) is 66.7 Å². The Labute approximate surface area is 389 Å². The number of aldehydes is 1. The van der Waals surface area contributed by atoms with E-state index in [1.807, 2.05) is 29.2 Å². The number of rotatable bonds is 22. The van der Waals surface area contributed by atoms with Crippen molar-refractivity contribution in [1.82, 2.24) is 4.90 Å². The van der Waals surface area contributed by atoms with Gasteiger partial charge in [-0.25, -0.2) is 4.39 Å². The number of carbonyl (C=O) groups excluding carboxylic acids is 2. The molecule has 11 nitrogen and oxygen atoms in total. The molecule has 0 aromatic heterocycles. The molecule has 2 N–H and O–H groups in total. The molecule has 0 bridgehead atoms. The van der Waals surface area contributed by atoms with E-state index in [1.54, 1.807) is 36.4 Å². The first-order valence-corrected chi connectivity index (χ1v) is 24.5. The SMILES string of the molecule is C=CCOC12Oc3ccc(Oc4cccc(C=O)c4)cc3C3C(CCCCO)C(CCCCO)C=C(C(=NOC4CCCCO4)CC1N(Cc1ccc(F)cc1)C(=O)CCC1CCCC1)C32. The van der Waals surface area contributed by atoms with Crippen molar-refractivity contribution in [1.29, 1.82) is 0 Å². The molecule has 3 aromatic carbocycles. The lowest BCUT2D eigenvalue weighted by molar-refractivity contribution is -0.258. The summed E-state index contributed by atoms with van der Waals surface area (Å²) in [5, 5.41) is 25.0. The van der Waals surface area contributed by atoms with Gasteiger partial charge in [0.2, 0.25) is 18.0 Å². The molecule has 1 amide bonds. The van der Waals surface area contributed by atoms with Gasteiger partial charge in [0.25, 0.3) is 0 Å². The van der Waals surface area contributed by atoms with Gasteiger partial charge in [-0.05, 0) is 116 Å². The molecule has 5 aliphatic rings. The predicted octanol–water partition coefficient (Wildman–Crippen LogP) is 10.6. The number of fused-ring (bicyclic) bond motifs is 2. The Kier molecular flexibility index (Phi) is 16.4. The summed E-state index contributed by atoms with van der Waals surface area (Å²) < 4.78 is 41.6. The first-order chi connectivity index (χ1) is 32.3. The van der Waals surface area contributed by atoms with E-state index in [9.17, 15) is 19.4 Å². The molecular formula is C54H67FN2O9. The second-order valence-electron chi connectivity index (χ2n) is 18.8. The normalized spacial score (nSPS) is 26.4. The first kappa shape index (κ1) is 47.6. The van der Waals surface area contributed by atoms with Gasteiger partial charge in [0.05, 0.1) is 24.8 Å². The summed E-state index contributed by atoms with van der Waals surface area (Å²) in [5.74, 6) is -0.390. The monoisotopic (exact) mass is 906 g/mol. The second-order valence-corrected chi connectivity index (χ2v) is 18.8. The van der Waals surface area contributed by atoms with Gasteiger partial charge in [-0.1, -0.05) is 80.1 Å². The molecule has 3 aliphatic carbocycles. The zero-order valence-electron chi connectivity index (χ0n) is 38.2. The van der Waals surface area contributed by atoms with Gasteiger partial charge in [-0.3, -0.25) is 9.59 Å². The first-order valence-electron chi connectivity index (χ1n) is 24.5. The number of aliphatic hydroxyl groups is 2. The molecule has 7 unspecified atom stereocenters. The van der Waals surface area contributed by atoms with Crippen LogP contribution in [0.1, 0.15) is 130 Å². The Hall–Kier alpha value is -4.88. The van der Waals surface area contributed by atoms with E-state index in [-0.39, 0.29) is 62.3 Å². The quantitative estimate of drug-likeness (QED) is 0.0437. The molecule has 1 saturated heterocycles. The highest BCUT2D eigenvalue weighted by molar-refractivity contribution is 6.03. The Morgan fingerprint density at radius 2 is 1.70 bits per heavy atom. The molecule has 12 heteroatoms. The number of oxime groups is 1. The number of halogens is 1. The highest BCUT2D eigenvalue weighted by Crippen LogP contribution is 2.62. The number of amides is 1. The number of allylic oxidation sites excluding steroid dienone is 1. The fourth-order valence-electron chi connectivity index (χ4n) is 11.3. The van der Waals surface area contributed by atoms with Crippen molar-refractivity contribution in [2.75, 3.05) is 26.4 Å². The number of benzene rings is 3. The molecule has 3 fully saturated rings. The summed E-state index contributed by atoms with van der Waals surface area (Å²) in [5.41, 5.74) is 3.82. The number of ether oxygens (including phenoxy) is 4. The van der Waals surface area contributed by atoms with E-state index in [2.05, 4.69) is 12.7 Å². The number of hydrogen-bond acceptors (Lipinski definition) is 10. The average molecular weight is 907 g/mol. The van der Waals surface area contributed by atoms with Crippen LogP contribution in [-0.4, -0.2) is 77.6 Å². The molecule has 3 aromatic rings. The molecule has 66 heavy (non-hydrogen) atoms. The van der Waals surface area contributed by atoms with Crippen LogP contribution in [0, 0.1) is 29.5 Å². The van der Waals surface area contributed by atoms with Gasteiger partial charge >= 0.3 is 0 Å². The maximum absolute atomic E-state index is 15.2. The average Bonchev–Trinajstić information content (AvgIpc) is 3.87. The van der Waals surface area contributed by atoms with Crippen molar-refractivity contribution in [2.45, 2.75) is 133 Å². The molecule has 2 saturated carbocycles. The molecule has 8 rings (SSSR count). The summed E-state index contributed by atoms with van der Waals surface area (Å²) in [6.45, 7) is 5.15. The summed E-state index contributed by atoms with van der Waals surface area (Å²) in [6.07, 6.45) is 17.4.